The van der Waals surface area contributed by atoms with E-state index in [1.54, 1.807) is 31.4 Å². The number of fused-ring (bicyclic) bond motifs is 1. The Morgan fingerprint density at radius 2 is 1.79 bits per heavy atom. The van der Waals surface area contributed by atoms with E-state index in [-0.39, 0.29) is 25.2 Å². The van der Waals surface area contributed by atoms with Gasteiger partial charge in [-0.25, -0.2) is 0 Å². The van der Waals surface area contributed by atoms with Crippen molar-refractivity contribution in [1.29, 1.82) is 0 Å². The molecule has 0 aliphatic rings. The minimum absolute atomic E-state index is 0.0544. The molecule has 0 saturated carbocycles. The molecule has 2 amide bonds. The molecule has 0 aliphatic carbocycles. The highest BCUT2D eigenvalue weighted by Crippen LogP contribution is 2.27. The summed E-state index contributed by atoms with van der Waals surface area (Å²) in [4.78, 5) is 36.6. The number of para-hydroxylation sites is 1. The number of carbonyl (C=O) groups excluding carboxylic acids is 3. The molecule has 2 aromatic carbocycles. The van der Waals surface area contributed by atoms with Crippen LogP contribution in [0.1, 0.15) is 29.4 Å². The fourth-order valence-corrected chi connectivity index (χ4v) is 3.13. The molecule has 0 aliphatic heterocycles. The van der Waals surface area contributed by atoms with Gasteiger partial charge in [-0.1, -0.05) is 24.3 Å². The Morgan fingerprint density at radius 3 is 2.55 bits per heavy atom. The van der Waals surface area contributed by atoms with E-state index in [9.17, 15) is 14.4 Å². The van der Waals surface area contributed by atoms with Crippen LogP contribution in [-0.2, 0) is 20.9 Å². The zero-order chi connectivity index (χ0) is 23.8. The molecule has 0 radical (unpaired) electrons. The van der Waals surface area contributed by atoms with Gasteiger partial charge in [-0.15, -0.1) is 0 Å². The van der Waals surface area contributed by atoms with Gasteiger partial charge in [0.05, 0.1) is 26.2 Å². The van der Waals surface area contributed by atoms with E-state index in [1.807, 2.05) is 18.2 Å². The van der Waals surface area contributed by atoms with Gasteiger partial charge in [-0.3, -0.25) is 19.5 Å². The smallest absolute Gasteiger partial charge is 0.308 e. The summed E-state index contributed by atoms with van der Waals surface area (Å²) < 4.78 is 15.6. The summed E-state index contributed by atoms with van der Waals surface area (Å²) in [5.41, 5.74) is 1.80. The second-order valence-corrected chi connectivity index (χ2v) is 7.16. The third-order valence-corrected chi connectivity index (χ3v) is 4.89. The van der Waals surface area contributed by atoms with Gasteiger partial charge in [0, 0.05) is 18.5 Å². The van der Waals surface area contributed by atoms with Crippen LogP contribution in [-0.4, -0.2) is 54.8 Å². The molecule has 1 heterocycles. The largest absolute Gasteiger partial charge is 0.493 e. The number of esters is 1. The number of rotatable bonds is 10. The highest BCUT2D eigenvalue weighted by atomic mass is 16.5. The maximum absolute atomic E-state index is 12.3. The van der Waals surface area contributed by atoms with Crippen LogP contribution < -0.4 is 20.1 Å². The van der Waals surface area contributed by atoms with Crippen LogP contribution in [0.2, 0.25) is 0 Å². The number of H-pyrrole nitrogens is 1. The van der Waals surface area contributed by atoms with E-state index in [1.165, 1.54) is 14.0 Å². The van der Waals surface area contributed by atoms with Gasteiger partial charge in [0.2, 0.25) is 0 Å². The number of nitrogens with one attached hydrogen (secondary N) is 3. The van der Waals surface area contributed by atoms with Crippen LogP contribution in [0.25, 0.3) is 10.9 Å². The van der Waals surface area contributed by atoms with E-state index in [4.69, 9.17) is 14.2 Å². The van der Waals surface area contributed by atoms with Crippen molar-refractivity contribution >= 4 is 28.7 Å². The van der Waals surface area contributed by atoms with Crippen molar-refractivity contribution in [3.05, 3.63) is 53.7 Å². The lowest BCUT2D eigenvalue weighted by Crippen LogP contribution is -2.36. The summed E-state index contributed by atoms with van der Waals surface area (Å²) in [6, 6.07) is 12.5. The Balaban J connectivity index is 1.41. The Hall–Kier alpha value is -4.08. The first-order valence-electron chi connectivity index (χ1n) is 10.3. The number of nitrogens with zero attached hydrogens (tertiary/aromatic N) is 1. The van der Waals surface area contributed by atoms with Crippen molar-refractivity contribution in [2.24, 2.45) is 0 Å². The minimum atomic E-state index is -0.983. The number of amides is 2. The molecule has 0 saturated heterocycles. The fourth-order valence-electron chi connectivity index (χ4n) is 3.13. The second-order valence-electron chi connectivity index (χ2n) is 7.16. The van der Waals surface area contributed by atoms with E-state index >= 15 is 0 Å². The number of ether oxygens (including phenoxy) is 3. The third-order valence-electron chi connectivity index (χ3n) is 4.89. The number of aromatic nitrogens is 2. The molecule has 0 spiro atoms. The maximum Gasteiger partial charge on any atom is 0.308 e. The number of aromatic amines is 1. The van der Waals surface area contributed by atoms with Crippen molar-refractivity contribution in [3.63, 3.8) is 0 Å². The number of hydrogen-bond acceptors (Lipinski definition) is 7. The van der Waals surface area contributed by atoms with E-state index < -0.39 is 23.9 Å². The Bertz CT molecular complexity index is 1140. The number of methoxy groups -OCH3 is 2. The van der Waals surface area contributed by atoms with Crippen molar-refractivity contribution in [3.8, 4) is 11.5 Å². The van der Waals surface area contributed by atoms with Crippen LogP contribution in [0.3, 0.4) is 0 Å². The molecule has 1 atom stereocenters. The van der Waals surface area contributed by atoms with Crippen LogP contribution in [0.5, 0.6) is 11.5 Å². The third kappa shape index (κ3) is 6.00. The summed E-state index contributed by atoms with van der Waals surface area (Å²) in [5, 5.41) is 12.8. The topological polar surface area (TPSA) is 132 Å². The zero-order valence-electron chi connectivity index (χ0n) is 18.6. The predicted octanol–water partition coefficient (Wildman–Crippen LogP) is 1.95. The molecule has 0 fully saturated rings. The number of hydrogen-bond donors (Lipinski definition) is 3. The fraction of sp³-hybridized carbons (Fsp3) is 0.304. The first-order chi connectivity index (χ1) is 15.9. The van der Waals surface area contributed by atoms with Crippen molar-refractivity contribution in [2.45, 2.75) is 26.0 Å². The summed E-state index contributed by atoms with van der Waals surface area (Å²) in [7, 11) is 3.07. The highest BCUT2D eigenvalue weighted by molar-refractivity contribution is 6.04. The minimum Gasteiger partial charge on any atom is -0.493 e. The van der Waals surface area contributed by atoms with Crippen molar-refractivity contribution in [2.75, 3.05) is 20.8 Å². The number of carbonyl (C=O) groups is 3. The van der Waals surface area contributed by atoms with Crippen molar-refractivity contribution in [1.82, 2.24) is 20.8 Å². The summed E-state index contributed by atoms with van der Waals surface area (Å²) in [6.07, 6.45) is -1.06. The van der Waals surface area contributed by atoms with E-state index in [0.717, 1.165) is 11.1 Å². The highest BCUT2D eigenvalue weighted by Gasteiger charge is 2.19. The lowest BCUT2D eigenvalue weighted by molar-refractivity contribution is -0.154. The molecule has 0 bridgehead atoms. The lowest BCUT2D eigenvalue weighted by atomic mass is 10.2. The van der Waals surface area contributed by atoms with Crippen LogP contribution >= 0.6 is 0 Å². The average Bonchev–Trinajstić information content (AvgIpc) is 3.26. The van der Waals surface area contributed by atoms with Gasteiger partial charge in [0.15, 0.2) is 23.3 Å². The van der Waals surface area contributed by atoms with Crippen LogP contribution in [0.15, 0.2) is 42.5 Å². The first-order valence-corrected chi connectivity index (χ1v) is 10.3. The molecule has 1 unspecified atom stereocenters. The van der Waals surface area contributed by atoms with Gasteiger partial charge in [-0.2, -0.15) is 5.10 Å². The van der Waals surface area contributed by atoms with E-state index in [2.05, 4.69) is 20.8 Å². The SMILES string of the molecule is COc1ccc(CNC(=O)C(C)OC(=O)CCNC(=O)c2n[nH]c3ccccc23)cc1OC. The van der Waals surface area contributed by atoms with Crippen molar-refractivity contribution < 1.29 is 28.6 Å². The van der Waals surface area contributed by atoms with Gasteiger partial charge in [-0.05, 0) is 30.7 Å². The first kappa shape index (κ1) is 23.6. The average molecular weight is 454 g/mol. The second kappa shape index (κ2) is 11.0. The predicted molar refractivity (Wildman–Crippen MR) is 120 cm³/mol. The standard InChI is InChI=1S/C23H26N4O6/c1-14(22(29)25-13-15-8-9-18(31-2)19(12-15)32-3)33-20(28)10-11-24-23(30)21-16-6-4-5-7-17(16)26-27-21/h4-9,12,14H,10-11,13H2,1-3H3,(H,24,30)(H,25,29)(H,26,27). The monoisotopic (exact) mass is 454 g/mol. The molecular formula is C23H26N4O6. The van der Waals surface area contributed by atoms with Gasteiger partial charge < -0.3 is 24.8 Å². The molecule has 3 aromatic rings. The summed E-state index contributed by atoms with van der Waals surface area (Å²) in [5.74, 6) is -0.307. The van der Waals surface area contributed by atoms with Crippen LogP contribution in [0.4, 0.5) is 0 Å². The maximum atomic E-state index is 12.3. The Morgan fingerprint density at radius 1 is 1.03 bits per heavy atom. The van der Waals surface area contributed by atoms with Gasteiger partial charge in [0.25, 0.3) is 11.8 Å². The molecule has 33 heavy (non-hydrogen) atoms. The van der Waals surface area contributed by atoms with Gasteiger partial charge >= 0.3 is 5.97 Å². The Labute approximate surface area is 190 Å². The quantitative estimate of drug-likeness (QED) is 0.399. The summed E-state index contributed by atoms with van der Waals surface area (Å²) in [6.45, 7) is 1.77. The normalized spacial score (nSPS) is 11.5. The summed E-state index contributed by atoms with van der Waals surface area (Å²) >= 11 is 0. The lowest BCUT2D eigenvalue weighted by Gasteiger charge is -2.14. The molecule has 3 N–H and O–H groups in total. The molecule has 1 aromatic heterocycles. The molecule has 174 valence electrons. The molecule has 10 heteroatoms. The molecule has 3 rings (SSSR count). The van der Waals surface area contributed by atoms with Crippen LogP contribution in [0, 0.1) is 0 Å². The Kier molecular flexibility index (Phi) is 7.85. The molecular weight excluding hydrogens is 428 g/mol. The number of benzene rings is 2. The molecule has 10 nitrogen and oxygen atoms in total. The van der Waals surface area contributed by atoms with Gasteiger partial charge in [0.1, 0.15) is 0 Å². The zero-order valence-corrected chi connectivity index (χ0v) is 18.6. The van der Waals surface area contributed by atoms with E-state index in [0.29, 0.717) is 16.9 Å².